The van der Waals surface area contributed by atoms with E-state index in [1.807, 2.05) is 85.0 Å². The zero-order valence-corrected chi connectivity index (χ0v) is 23.3. The second-order valence-electron chi connectivity index (χ2n) is 11.4. The average Bonchev–Trinajstić information content (AvgIpc) is 3.32. The highest BCUT2D eigenvalue weighted by Crippen LogP contribution is 2.55. The Hall–Kier alpha value is -3.75. The van der Waals surface area contributed by atoms with E-state index in [0.29, 0.717) is 26.2 Å². The molecule has 2 saturated heterocycles. The van der Waals surface area contributed by atoms with Crippen LogP contribution in [0, 0.1) is 11.8 Å². The summed E-state index contributed by atoms with van der Waals surface area (Å²) in [5, 5.41) is 10.6. The maximum absolute atomic E-state index is 14.6. The molecule has 8 nitrogen and oxygen atoms in total. The molecule has 6 rings (SSSR count). The number of likely N-dealkylation sites (tertiary alicyclic amines) is 1. The van der Waals surface area contributed by atoms with Crippen LogP contribution in [0.1, 0.15) is 36.9 Å². The van der Waals surface area contributed by atoms with Gasteiger partial charge in [0, 0.05) is 26.2 Å². The first-order valence-electron chi connectivity index (χ1n) is 14.6. The standard InChI is InChI=1S/C33H37N3O5/c1-2-3-18-34-20-11-17-33-28(31(39)36(29(33)32(34)40)25(22-37)24-14-8-5-9-15-24)27-26(41-33)16-10-19-35(30(27)38)21-23-12-6-4-7-13-23/h4-17,25-29,37H,2-3,18-22H2,1H3/t25-,26+,27-,28+,29?,33+/m1/s1. The molecule has 4 heterocycles. The molecule has 214 valence electrons. The number of aliphatic hydroxyl groups is 1. The van der Waals surface area contributed by atoms with Crippen molar-refractivity contribution < 1.29 is 24.2 Å². The number of rotatable bonds is 8. The van der Waals surface area contributed by atoms with Crippen molar-refractivity contribution in [2.24, 2.45) is 11.8 Å². The highest BCUT2D eigenvalue weighted by Gasteiger charge is 2.72. The highest BCUT2D eigenvalue weighted by atomic mass is 16.5. The maximum atomic E-state index is 14.6. The van der Waals surface area contributed by atoms with Gasteiger partial charge in [-0.1, -0.05) is 98.3 Å². The summed E-state index contributed by atoms with van der Waals surface area (Å²) in [6.07, 6.45) is 8.71. The topological polar surface area (TPSA) is 90.4 Å². The number of benzene rings is 2. The van der Waals surface area contributed by atoms with Gasteiger partial charge in [-0.3, -0.25) is 14.4 Å². The molecule has 1 spiro atoms. The molecule has 1 unspecified atom stereocenters. The molecule has 0 saturated carbocycles. The fourth-order valence-electron chi connectivity index (χ4n) is 7.04. The van der Waals surface area contributed by atoms with Crippen LogP contribution >= 0.6 is 0 Å². The molecule has 0 bridgehead atoms. The molecular formula is C33H37N3O5. The molecule has 2 aromatic rings. The second-order valence-corrected chi connectivity index (χ2v) is 11.4. The first-order chi connectivity index (χ1) is 20.0. The van der Waals surface area contributed by atoms with Crippen molar-refractivity contribution in [3.8, 4) is 0 Å². The lowest BCUT2D eigenvalue weighted by Gasteiger charge is -2.38. The van der Waals surface area contributed by atoms with Crippen molar-refractivity contribution >= 4 is 17.7 Å². The summed E-state index contributed by atoms with van der Waals surface area (Å²) in [6.45, 7) is 3.51. The molecule has 41 heavy (non-hydrogen) atoms. The van der Waals surface area contributed by atoms with Gasteiger partial charge in [0.25, 0.3) is 0 Å². The van der Waals surface area contributed by atoms with Gasteiger partial charge in [0.05, 0.1) is 30.6 Å². The molecule has 4 aliphatic heterocycles. The lowest BCUT2D eigenvalue weighted by atomic mass is 9.77. The molecule has 0 radical (unpaired) electrons. The summed E-state index contributed by atoms with van der Waals surface area (Å²) in [7, 11) is 0. The van der Waals surface area contributed by atoms with E-state index in [2.05, 4.69) is 6.92 Å². The van der Waals surface area contributed by atoms with Crippen LogP contribution in [0.2, 0.25) is 0 Å². The molecular weight excluding hydrogens is 518 g/mol. The van der Waals surface area contributed by atoms with E-state index in [1.165, 1.54) is 4.90 Å². The Bertz CT molecular complexity index is 1350. The fraction of sp³-hybridized carbons (Fsp3) is 0.424. The number of fused-ring (bicyclic) bond motifs is 2. The number of nitrogens with zero attached hydrogens (tertiary/aromatic N) is 3. The van der Waals surface area contributed by atoms with Crippen LogP contribution in [-0.4, -0.2) is 81.5 Å². The summed E-state index contributed by atoms with van der Waals surface area (Å²) in [4.78, 5) is 48.3. The van der Waals surface area contributed by atoms with Crippen LogP contribution < -0.4 is 0 Å². The summed E-state index contributed by atoms with van der Waals surface area (Å²) >= 11 is 0. The summed E-state index contributed by atoms with van der Waals surface area (Å²) in [5.74, 6) is -2.37. The van der Waals surface area contributed by atoms with Crippen LogP contribution in [0.4, 0.5) is 0 Å². The molecule has 2 fully saturated rings. The van der Waals surface area contributed by atoms with Crippen molar-refractivity contribution in [3.05, 3.63) is 96.1 Å². The Morgan fingerprint density at radius 3 is 2.34 bits per heavy atom. The smallest absolute Gasteiger partial charge is 0.249 e. The third-order valence-corrected chi connectivity index (χ3v) is 8.95. The van der Waals surface area contributed by atoms with Gasteiger partial charge in [0.2, 0.25) is 17.7 Å². The van der Waals surface area contributed by atoms with Crippen LogP contribution in [0.3, 0.4) is 0 Å². The zero-order valence-electron chi connectivity index (χ0n) is 23.3. The largest absolute Gasteiger partial charge is 0.394 e. The van der Waals surface area contributed by atoms with Gasteiger partial charge in [-0.25, -0.2) is 0 Å². The molecule has 2 aromatic carbocycles. The van der Waals surface area contributed by atoms with Gasteiger partial charge in [0.1, 0.15) is 11.6 Å². The number of hydrogen-bond acceptors (Lipinski definition) is 5. The van der Waals surface area contributed by atoms with Crippen molar-refractivity contribution in [2.75, 3.05) is 26.2 Å². The molecule has 4 aliphatic rings. The number of carbonyl (C=O) groups excluding carboxylic acids is 3. The minimum atomic E-state index is -1.32. The van der Waals surface area contributed by atoms with E-state index < -0.39 is 35.6 Å². The molecule has 0 aromatic heterocycles. The molecule has 8 heteroatoms. The quantitative estimate of drug-likeness (QED) is 0.506. The number of aliphatic hydroxyl groups excluding tert-OH is 1. The Labute approximate surface area is 240 Å². The number of unbranched alkanes of at least 4 members (excludes halogenated alkanes) is 1. The highest BCUT2D eigenvalue weighted by molar-refractivity contribution is 6.00. The molecule has 6 atom stereocenters. The first-order valence-corrected chi connectivity index (χ1v) is 14.6. The van der Waals surface area contributed by atoms with Crippen LogP contribution in [0.15, 0.2) is 85.0 Å². The minimum absolute atomic E-state index is 0.159. The number of ether oxygens (including phenoxy) is 1. The van der Waals surface area contributed by atoms with Crippen LogP contribution in [-0.2, 0) is 25.7 Å². The third-order valence-electron chi connectivity index (χ3n) is 8.95. The molecule has 0 aliphatic carbocycles. The minimum Gasteiger partial charge on any atom is -0.394 e. The van der Waals surface area contributed by atoms with Crippen molar-refractivity contribution in [3.63, 3.8) is 0 Å². The van der Waals surface area contributed by atoms with Crippen molar-refractivity contribution in [1.29, 1.82) is 0 Å². The number of amides is 3. The lowest BCUT2D eigenvalue weighted by Crippen LogP contribution is -2.56. The van der Waals surface area contributed by atoms with E-state index in [-0.39, 0.29) is 24.3 Å². The van der Waals surface area contributed by atoms with E-state index in [1.54, 1.807) is 9.80 Å². The van der Waals surface area contributed by atoms with Gasteiger partial charge in [-0.05, 0) is 17.5 Å². The second kappa shape index (κ2) is 11.3. The average molecular weight is 556 g/mol. The fourth-order valence-corrected chi connectivity index (χ4v) is 7.04. The zero-order chi connectivity index (χ0) is 28.6. The summed E-state index contributed by atoms with van der Waals surface area (Å²) in [6, 6.07) is 17.3. The van der Waals surface area contributed by atoms with E-state index in [9.17, 15) is 19.5 Å². The first kappa shape index (κ1) is 27.4. The van der Waals surface area contributed by atoms with Gasteiger partial charge in [0.15, 0.2) is 0 Å². The van der Waals surface area contributed by atoms with Crippen LogP contribution in [0.25, 0.3) is 0 Å². The number of hydrogen-bond donors (Lipinski definition) is 1. The number of carbonyl (C=O) groups is 3. The van der Waals surface area contributed by atoms with Crippen molar-refractivity contribution in [2.45, 2.75) is 50.1 Å². The third kappa shape index (κ3) is 4.59. The Morgan fingerprint density at radius 1 is 0.927 bits per heavy atom. The van der Waals surface area contributed by atoms with E-state index in [4.69, 9.17) is 4.74 Å². The van der Waals surface area contributed by atoms with E-state index in [0.717, 1.165) is 24.0 Å². The predicted octanol–water partition coefficient (Wildman–Crippen LogP) is 3.10. The Morgan fingerprint density at radius 2 is 1.63 bits per heavy atom. The monoisotopic (exact) mass is 555 g/mol. The predicted molar refractivity (Wildman–Crippen MR) is 153 cm³/mol. The van der Waals surface area contributed by atoms with Gasteiger partial charge in [-0.15, -0.1) is 0 Å². The molecule has 1 N–H and O–H groups in total. The lowest BCUT2D eigenvalue weighted by molar-refractivity contribution is -0.151. The normalized spacial score (nSPS) is 29.7. The van der Waals surface area contributed by atoms with E-state index >= 15 is 0 Å². The van der Waals surface area contributed by atoms with Crippen molar-refractivity contribution in [1.82, 2.24) is 14.7 Å². The summed E-state index contributed by atoms with van der Waals surface area (Å²) in [5.41, 5.74) is 0.413. The van der Waals surface area contributed by atoms with Gasteiger partial charge < -0.3 is 24.5 Å². The van der Waals surface area contributed by atoms with Gasteiger partial charge >= 0.3 is 0 Å². The Balaban J connectivity index is 1.43. The van der Waals surface area contributed by atoms with Crippen LogP contribution in [0.5, 0.6) is 0 Å². The molecule has 3 amide bonds. The maximum Gasteiger partial charge on any atom is 0.249 e. The summed E-state index contributed by atoms with van der Waals surface area (Å²) < 4.78 is 6.75. The van der Waals surface area contributed by atoms with Gasteiger partial charge in [-0.2, -0.15) is 0 Å². The Kier molecular flexibility index (Phi) is 7.53. The SMILES string of the molecule is CCCCN1CC=C[C@]23O[C@H]4C=CCN(Cc5ccccc5)C(=O)[C@H]4[C@H]2C(=O)N([C@H](CO)c2ccccc2)C3C1=O.